The van der Waals surface area contributed by atoms with E-state index in [1.807, 2.05) is 45.9 Å². The number of rotatable bonds is 7. The monoisotopic (exact) mass is 306 g/mol. The predicted molar refractivity (Wildman–Crippen MR) is 86.2 cm³/mol. The third-order valence-electron chi connectivity index (χ3n) is 3.71. The van der Waals surface area contributed by atoms with Gasteiger partial charge in [0.15, 0.2) is 0 Å². The number of aliphatic hydroxyl groups excluding tert-OH is 1. The lowest BCUT2D eigenvalue weighted by molar-refractivity contribution is -0.133. The van der Waals surface area contributed by atoms with Crippen molar-refractivity contribution in [2.45, 2.75) is 52.7 Å². The molecular formula is C17H26N2O3. The number of nitrogens with two attached hydrogens (primary N) is 1. The van der Waals surface area contributed by atoms with Gasteiger partial charge in [0.1, 0.15) is 12.1 Å². The molecule has 22 heavy (non-hydrogen) atoms. The molecule has 0 saturated carbocycles. The fourth-order valence-electron chi connectivity index (χ4n) is 2.42. The number of aliphatic hydroxyl groups is 1. The summed E-state index contributed by atoms with van der Waals surface area (Å²) in [5.74, 6) is -0.970. The van der Waals surface area contributed by atoms with Crippen LogP contribution in [0, 0.1) is 19.8 Å². The van der Waals surface area contributed by atoms with Gasteiger partial charge in [-0.05, 0) is 42.9 Å². The summed E-state index contributed by atoms with van der Waals surface area (Å²) in [5, 5.41) is 12.4. The average Bonchev–Trinajstić information content (AvgIpc) is 2.40. The van der Waals surface area contributed by atoms with E-state index in [0.29, 0.717) is 12.8 Å². The molecule has 0 saturated heterocycles. The molecule has 1 rings (SSSR count). The quantitative estimate of drug-likeness (QED) is 0.707. The van der Waals surface area contributed by atoms with Crippen molar-refractivity contribution in [3.8, 4) is 0 Å². The van der Waals surface area contributed by atoms with Gasteiger partial charge in [-0.2, -0.15) is 0 Å². The van der Waals surface area contributed by atoms with Crippen molar-refractivity contribution < 1.29 is 14.7 Å². The highest BCUT2D eigenvalue weighted by molar-refractivity contribution is 5.88. The van der Waals surface area contributed by atoms with Crippen LogP contribution < -0.4 is 11.1 Å². The molecule has 5 nitrogen and oxygen atoms in total. The fraction of sp³-hybridized carbons (Fsp3) is 0.529. The van der Waals surface area contributed by atoms with Gasteiger partial charge >= 0.3 is 0 Å². The SMILES string of the molecule is Cc1cccc(C)c1C[C@@H](NC(=O)[C@@H](O)CC(C)C)C(N)=O. The first kappa shape index (κ1) is 18.2. The van der Waals surface area contributed by atoms with Gasteiger partial charge in [-0.3, -0.25) is 9.59 Å². The second-order valence-electron chi connectivity index (χ2n) is 6.18. The Hall–Kier alpha value is -1.88. The van der Waals surface area contributed by atoms with Crippen LogP contribution in [0.4, 0.5) is 0 Å². The van der Waals surface area contributed by atoms with Crippen molar-refractivity contribution in [3.63, 3.8) is 0 Å². The number of carbonyl (C=O) groups is 2. The molecule has 0 aliphatic heterocycles. The lowest BCUT2D eigenvalue weighted by atomic mass is 9.96. The molecule has 0 radical (unpaired) electrons. The summed E-state index contributed by atoms with van der Waals surface area (Å²) < 4.78 is 0. The van der Waals surface area contributed by atoms with Gasteiger partial charge in [0.05, 0.1) is 0 Å². The van der Waals surface area contributed by atoms with Gasteiger partial charge in [0, 0.05) is 6.42 Å². The summed E-state index contributed by atoms with van der Waals surface area (Å²) in [5.41, 5.74) is 8.48. The molecule has 122 valence electrons. The van der Waals surface area contributed by atoms with Gasteiger partial charge in [-0.1, -0.05) is 32.0 Å². The predicted octanol–water partition coefficient (Wildman–Crippen LogP) is 1.22. The van der Waals surface area contributed by atoms with Crippen LogP contribution in [0.2, 0.25) is 0 Å². The molecule has 0 bridgehead atoms. The maximum absolute atomic E-state index is 12.0. The lowest BCUT2D eigenvalue weighted by Crippen LogP contribution is -2.49. The average molecular weight is 306 g/mol. The van der Waals surface area contributed by atoms with E-state index in [1.54, 1.807) is 0 Å². The number of aryl methyl sites for hydroxylation is 2. The van der Waals surface area contributed by atoms with Gasteiger partial charge in [0.25, 0.3) is 0 Å². The van der Waals surface area contributed by atoms with E-state index < -0.39 is 24.0 Å². The van der Waals surface area contributed by atoms with Crippen molar-refractivity contribution in [1.29, 1.82) is 0 Å². The maximum atomic E-state index is 12.0. The van der Waals surface area contributed by atoms with E-state index in [2.05, 4.69) is 5.32 Å². The third-order valence-corrected chi connectivity index (χ3v) is 3.71. The van der Waals surface area contributed by atoms with Crippen LogP contribution >= 0.6 is 0 Å². The van der Waals surface area contributed by atoms with Crippen LogP contribution in [-0.4, -0.2) is 29.1 Å². The van der Waals surface area contributed by atoms with Crippen molar-refractivity contribution >= 4 is 11.8 Å². The Kier molecular flexibility index (Phi) is 6.56. The first-order valence-corrected chi connectivity index (χ1v) is 7.55. The Labute approximate surface area is 131 Å². The second-order valence-corrected chi connectivity index (χ2v) is 6.18. The molecule has 2 atom stereocenters. The molecule has 0 unspecified atom stereocenters. The molecule has 0 spiro atoms. The van der Waals surface area contributed by atoms with Crippen molar-refractivity contribution in [1.82, 2.24) is 5.32 Å². The van der Waals surface area contributed by atoms with Crippen molar-refractivity contribution in [3.05, 3.63) is 34.9 Å². The van der Waals surface area contributed by atoms with E-state index in [4.69, 9.17) is 5.73 Å². The maximum Gasteiger partial charge on any atom is 0.249 e. The van der Waals surface area contributed by atoms with Crippen LogP contribution in [0.1, 0.15) is 37.0 Å². The molecule has 1 aromatic carbocycles. The third kappa shape index (κ3) is 5.15. The van der Waals surface area contributed by atoms with E-state index in [9.17, 15) is 14.7 Å². The minimum Gasteiger partial charge on any atom is -0.383 e. The number of benzene rings is 1. The molecule has 0 aliphatic carbocycles. The lowest BCUT2D eigenvalue weighted by Gasteiger charge is -2.20. The molecule has 2 amide bonds. The molecule has 4 N–H and O–H groups in total. The van der Waals surface area contributed by atoms with Crippen molar-refractivity contribution in [2.24, 2.45) is 11.7 Å². The second kappa shape index (κ2) is 7.94. The Morgan fingerprint density at radius 3 is 2.23 bits per heavy atom. The fourth-order valence-corrected chi connectivity index (χ4v) is 2.42. The van der Waals surface area contributed by atoms with E-state index in [-0.39, 0.29) is 5.92 Å². The van der Waals surface area contributed by atoms with Crippen LogP contribution in [0.15, 0.2) is 18.2 Å². The molecule has 0 fully saturated rings. The van der Waals surface area contributed by atoms with Gasteiger partial charge < -0.3 is 16.2 Å². The highest BCUT2D eigenvalue weighted by atomic mass is 16.3. The van der Waals surface area contributed by atoms with Crippen LogP contribution in [0.25, 0.3) is 0 Å². The first-order valence-electron chi connectivity index (χ1n) is 7.55. The summed E-state index contributed by atoms with van der Waals surface area (Å²) in [6, 6.07) is 5.03. The van der Waals surface area contributed by atoms with E-state index >= 15 is 0 Å². The summed E-state index contributed by atoms with van der Waals surface area (Å²) >= 11 is 0. The number of nitrogens with one attached hydrogen (secondary N) is 1. The molecular weight excluding hydrogens is 280 g/mol. The number of hydrogen-bond acceptors (Lipinski definition) is 3. The zero-order valence-corrected chi connectivity index (χ0v) is 13.7. The van der Waals surface area contributed by atoms with Crippen LogP contribution in [-0.2, 0) is 16.0 Å². The smallest absolute Gasteiger partial charge is 0.249 e. The molecule has 5 heteroatoms. The molecule has 0 heterocycles. The Morgan fingerprint density at radius 2 is 1.77 bits per heavy atom. The minimum atomic E-state index is -1.13. The standard InChI is InChI=1S/C17H26N2O3/c1-10(2)8-15(20)17(22)19-14(16(18)21)9-13-11(3)6-5-7-12(13)4/h5-7,10,14-15,20H,8-9H2,1-4H3,(H2,18,21)(H,19,22)/t14-,15+/m1/s1. The summed E-state index contributed by atoms with van der Waals surface area (Å²) in [7, 11) is 0. The Balaban J connectivity index is 2.83. The zero-order valence-electron chi connectivity index (χ0n) is 13.7. The summed E-state index contributed by atoms with van der Waals surface area (Å²) in [6.45, 7) is 7.74. The Morgan fingerprint density at radius 1 is 1.23 bits per heavy atom. The van der Waals surface area contributed by atoms with E-state index in [1.165, 1.54) is 0 Å². The molecule has 0 aliphatic rings. The summed E-state index contributed by atoms with van der Waals surface area (Å²) in [6.07, 6.45) is -0.450. The topological polar surface area (TPSA) is 92.4 Å². The van der Waals surface area contributed by atoms with Crippen LogP contribution in [0.5, 0.6) is 0 Å². The number of primary amides is 1. The van der Waals surface area contributed by atoms with Gasteiger partial charge in [-0.25, -0.2) is 0 Å². The van der Waals surface area contributed by atoms with E-state index in [0.717, 1.165) is 16.7 Å². The number of carbonyl (C=O) groups excluding carboxylic acids is 2. The largest absolute Gasteiger partial charge is 0.383 e. The highest BCUT2D eigenvalue weighted by Crippen LogP contribution is 2.15. The van der Waals surface area contributed by atoms with Crippen LogP contribution in [0.3, 0.4) is 0 Å². The molecule has 1 aromatic rings. The number of hydrogen-bond donors (Lipinski definition) is 3. The number of amides is 2. The Bertz CT molecular complexity index is 520. The summed E-state index contributed by atoms with van der Waals surface area (Å²) in [4.78, 5) is 23.6. The van der Waals surface area contributed by atoms with Gasteiger partial charge in [0.2, 0.25) is 11.8 Å². The highest BCUT2D eigenvalue weighted by Gasteiger charge is 2.24. The molecule has 0 aromatic heterocycles. The normalized spacial score (nSPS) is 13.7. The van der Waals surface area contributed by atoms with Gasteiger partial charge in [-0.15, -0.1) is 0 Å². The van der Waals surface area contributed by atoms with Crippen molar-refractivity contribution in [2.75, 3.05) is 0 Å². The minimum absolute atomic E-state index is 0.186. The zero-order chi connectivity index (χ0) is 16.9. The first-order chi connectivity index (χ1) is 10.2.